The van der Waals surface area contributed by atoms with Crippen LogP contribution in [0, 0.1) is 0 Å². The van der Waals surface area contributed by atoms with Crippen molar-refractivity contribution in [2.75, 3.05) is 17.7 Å². The molecule has 2 aromatic carbocycles. The Kier molecular flexibility index (Phi) is 4.66. The van der Waals surface area contributed by atoms with E-state index in [1.54, 1.807) is 30.5 Å². The number of carbonyl (C=O) groups is 1. The average molecular weight is 361 g/mol. The van der Waals surface area contributed by atoms with Crippen LogP contribution in [0.1, 0.15) is 5.56 Å². The van der Waals surface area contributed by atoms with E-state index in [0.29, 0.717) is 17.0 Å². The summed E-state index contributed by atoms with van der Waals surface area (Å²) in [4.78, 5) is 16.4. The Morgan fingerprint density at radius 2 is 1.77 bits per heavy atom. The molecule has 0 aliphatic heterocycles. The number of pyridine rings is 1. The molecule has 0 saturated heterocycles. The van der Waals surface area contributed by atoms with E-state index in [0.717, 1.165) is 11.5 Å². The number of hydrogen-bond acceptors (Lipinski definition) is 3. The lowest BCUT2D eigenvalue weighted by Gasteiger charge is -2.15. The van der Waals surface area contributed by atoms with E-state index >= 15 is 0 Å². The van der Waals surface area contributed by atoms with E-state index < -0.39 is 17.8 Å². The molecule has 8 heteroatoms. The van der Waals surface area contributed by atoms with Gasteiger partial charge in [0.1, 0.15) is 5.75 Å². The van der Waals surface area contributed by atoms with Gasteiger partial charge in [-0.25, -0.2) is 4.79 Å². The maximum absolute atomic E-state index is 13.0. The molecule has 5 nitrogen and oxygen atoms in total. The van der Waals surface area contributed by atoms with Gasteiger partial charge in [-0.2, -0.15) is 13.2 Å². The number of ether oxygens (including phenoxy) is 1. The fourth-order valence-electron chi connectivity index (χ4n) is 2.49. The van der Waals surface area contributed by atoms with Gasteiger partial charge in [-0.05, 0) is 24.3 Å². The van der Waals surface area contributed by atoms with Crippen LogP contribution in [0.4, 0.5) is 29.3 Å². The number of halogens is 3. The van der Waals surface area contributed by atoms with Gasteiger partial charge in [-0.15, -0.1) is 0 Å². The van der Waals surface area contributed by atoms with E-state index in [1.807, 2.05) is 0 Å². The second kappa shape index (κ2) is 6.91. The minimum absolute atomic E-state index is 0.321. The number of rotatable bonds is 3. The number of fused-ring (bicyclic) bond motifs is 1. The number of nitrogens with zero attached hydrogens (tertiary/aromatic N) is 1. The van der Waals surface area contributed by atoms with E-state index in [1.165, 1.54) is 25.3 Å². The van der Waals surface area contributed by atoms with Crippen molar-refractivity contribution in [3.05, 3.63) is 60.3 Å². The summed E-state index contributed by atoms with van der Waals surface area (Å²) in [6, 6.07) is 10.7. The van der Waals surface area contributed by atoms with Gasteiger partial charge in [-0.3, -0.25) is 4.98 Å². The largest absolute Gasteiger partial charge is 0.497 e. The standard InChI is InChI=1S/C18H14F3N3O2/c1-26-12-9-11-5-4-8-22-16(11)15(10-12)24-17(25)23-14-7-3-2-6-13(14)18(19,20)21/h2-10H,1H3,(H2,23,24,25). The highest BCUT2D eigenvalue weighted by atomic mass is 19.4. The van der Waals surface area contributed by atoms with Gasteiger partial charge in [0, 0.05) is 17.6 Å². The lowest BCUT2D eigenvalue weighted by molar-refractivity contribution is -0.136. The molecule has 0 bridgehead atoms. The molecule has 3 aromatic rings. The molecule has 2 amide bonds. The van der Waals surface area contributed by atoms with Crippen molar-refractivity contribution in [2.24, 2.45) is 0 Å². The number of para-hydroxylation sites is 1. The highest BCUT2D eigenvalue weighted by Crippen LogP contribution is 2.34. The molecule has 0 aliphatic rings. The monoisotopic (exact) mass is 361 g/mol. The highest BCUT2D eigenvalue weighted by Gasteiger charge is 2.33. The van der Waals surface area contributed by atoms with Gasteiger partial charge in [0.2, 0.25) is 0 Å². The third-order valence-electron chi connectivity index (χ3n) is 3.64. The molecule has 0 aliphatic carbocycles. The van der Waals surface area contributed by atoms with Crippen molar-refractivity contribution in [1.29, 1.82) is 0 Å². The minimum atomic E-state index is -4.58. The smallest absolute Gasteiger partial charge is 0.418 e. The van der Waals surface area contributed by atoms with Crippen molar-refractivity contribution >= 4 is 28.3 Å². The summed E-state index contributed by atoms with van der Waals surface area (Å²) in [7, 11) is 1.47. The minimum Gasteiger partial charge on any atom is -0.497 e. The second-order valence-corrected chi connectivity index (χ2v) is 5.37. The van der Waals surface area contributed by atoms with Gasteiger partial charge in [0.05, 0.1) is 29.6 Å². The molecule has 0 saturated carbocycles. The lowest BCUT2D eigenvalue weighted by atomic mass is 10.1. The number of nitrogens with one attached hydrogen (secondary N) is 2. The predicted molar refractivity (Wildman–Crippen MR) is 92.4 cm³/mol. The highest BCUT2D eigenvalue weighted by molar-refractivity contribution is 6.05. The van der Waals surface area contributed by atoms with Crippen LogP contribution in [0.3, 0.4) is 0 Å². The maximum atomic E-state index is 13.0. The molecule has 2 N–H and O–H groups in total. The van der Waals surface area contributed by atoms with Crippen molar-refractivity contribution in [3.63, 3.8) is 0 Å². The molecule has 26 heavy (non-hydrogen) atoms. The topological polar surface area (TPSA) is 63.2 Å². The van der Waals surface area contributed by atoms with Gasteiger partial charge < -0.3 is 15.4 Å². The molecule has 1 heterocycles. The summed E-state index contributed by atoms with van der Waals surface area (Å²) in [6.45, 7) is 0. The number of alkyl halides is 3. The third kappa shape index (κ3) is 3.69. The number of methoxy groups -OCH3 is 1. The van der Waals surface area contributed by atoms with Gasteiger partial charge >= 0.3 is 12.2 Å². The zero-order valence-corrected chi connectivity index (χ0v) is 13.6. The first kappa shape index (κ1) is 17.5. The van der Waals surface area contributed by atoms with Crippen LogP contribution in [0.2, 0.25) is 0 Å². The first-order valence-corrected chi connectivity index (χ1v) is 7.55. The van der Waals surface area contributed by atoms with E-state index in [-0.39, 0.29) is 5.69 Å². The fourth-order valence-corrected chi connectivity index (χ4v) is 2.49. The van der Waals surface area contributed by atoms with Crippen LogP contribution in [0.5, 0.6) is 5.75 Å². The summed E-state index contributed by atoms with van der Waals surface area (Å²) in [5, 5.41) is 5.48. The SMILES string of the molecule is COc1cc(NC(=O)Nc2ccccc2C(F)(F)F)c2ncccc2c1. The van der Waals surface area contributed by atoms with Crippen LogP contribution in [-0.4, -0.2) is 18.1 Å². The predicted octanol–water partition coefficient (Wildman–Crippen LogP) is 4.91. The number of amides is 2. The molecule has 134 valence electrons. The number of urea groups is 1. The normalized spacial score (nSPS) is 11.2. The second-order valence-electron chi connectivity index (χ2n) is 5.37. The third-order valence-corrected chi connectivity index (χ3v) is 3.64. The molecule has 0 atom stereocenters. The Morgan fingerprint density at radius 1 is 1.04 bits per heavy atom. The molecule has 1 aromatic heterocycles. The Labute approximate surface area is 146 Å². The molecule has 3 rings (SSSR count). The Balaban J connectivity index is 1.89. The van der Waals surface area contributed by atoms with Crippen molar-refractivity contribution in [2.45, 2.75) is 6.18 Å². The summed E-state index contributed by atoms with van der Waals surface area (Å²) >= 11 is 0. The van der Waals surface area contributed by atoms with Crippen molar-refractivity contribution in [1.82, 2.24) is 4.98 Å². The quantitative estimate of drug-likeness (QED) is 0.697. The first-order valence-electron chi connectivity index (χ1n) is 7.55. The van der Waals surface area contributed by atoms with Crippen LogP contribution in [0.15, 0.2) is 54.7 Å². The molecular weight excluding hydrogens is 347 g/mol. The summed E-state index contributed by atoms with van der Waals surface area (Å²) in [5.74, 6) is 0.483. The van der Waals surface area contributed by atoms with Crippen LogP contribution < -0.4 is 15.4 Å². The summed E-state index contributed by atoms with van der Waals surface area (Å²) in [6.07, 6.45) is -3.02. The number of benzene rings is 2. The van der Waals surface area contributed by atoms with Crippen LogP contribution in [0.25, 0.3) is 10.9 Å². The number of anilines is 2. The fraction of sp³-hybridized carbons (Fsp3) is 0.111. The Bertz CT molecular complexity index is 958. The molecule has 0 fully saturated rings. The van der Waals surface area contributed by atoms with Crippen molar-refractivity contribution in [3.8, 4) is 5.75 Å². The Morgan fingerprint density at radius 3 is 2.50 bits per heavy atom. The zero-order chi connectivity index (χ0) is 18.7. The number of hydrogen-bond donors (Lipinski definition) is 2. The van der Waals surface area contributed by atoms with Gasteiger partial charge in [0.15, 0.2) is 0 Å². The van der Waals surface area contributed by atoms with Crippen LogP contribution in [-0.2, 0) is 6.18 Å². The molecular formula is C18H14F3N3O2. The maximum Gasteiger partial charge on any atom is 0.418 e. The van der Waals surface area contributed by atoms with Gasteiger partial charge in [-0.1, -0.05) is 18.2 Å². The molecule has 0 unspecified atom stereocenters. The van der Waals surface area contributed by atoms with Crippen molar-refractivity contribution < 1.29 is 22.7 Å². The molecule has 0 radical (unpaired) electrons. The summed E-state index contributed by atoms with van der Waals surface area (Å²) in [5.41, 5.74) is -0.448. The first-order chi connectivity index (χ1) is 12.4. The lowest BCUT2D eigenvalue weighted by Crippen LogP contribution is -2.22. The van der Waals surface area contributed by atoms with E-state index in [2.05, 4.69) is 15.6 Å². The van der Waals surface area contributed by atoms with E-state index in [9.17, 15) is 18.0 Å². The zero-order valence-electron chi connectivity index (χ0n) is 13.6. The number of carbonyl (C=O) groups excluding carboxylic acids is 1. The number of aromatic nitrogens is 1. The summed E-state index contributed by atoms with van der Waals surface area (Å²) < 4.78 is 44.3. The van der Waals surface area contributed by atoms with Crippen LogP contribution >= 0.6 is 0 Å². The average Bonchev–Trinajstić information content (AvgIpc) is 2.61. The Hall–Kier alpha value is -3.29. The van der Waals surface area contributed by atoms with E-state index in [4.69, 9.17) is 4.74 Å². The van der Waals surface area contributed by atoms with Gasteiger partial charge in [0.25, 0.3) is 0 Å². The molecule has 0 spiro atoms.